The van der Waals surface area contributed by atoms with Crippen LogP contribution in [-0.4, -0.2) is 15.1 Å². The molecule has 4 aromatic rings. The summed E-state index contributed by atoms with van der Waals surface area (Å²) in [4.78, 5) is 7.68. The average molecular weight is 396 g/mol. The van der Waals surface area contributed by atoms with E-state index in [1.165, 1.54) is 12.1 Å². The van der Waals surface area contributed by atoms with Crippen molar-refractivity contribution in [3.63, 3.8) is 0 Å². The number of fused-ring (bicyclic) bond motifs is 1. The van der Waals surface area contributed by atoms with Crippen LogP contribution in [0.4, 0.5) is 13.2 Å². The van der Waals surface area contributed by atoms with Crippen LogP contribution in [0.1, 0.15) is 25.0 Å². The number of rotatable bonds is 3. The number of H-pyrrole nitrogens is 1. The maximum Gasteiger partial charge on any atom is 0.416 e. The minimum atomic E-state index is -4.37. The van der Waals surface area contributed by atoms with Gasteiger partial charge in [-0.15, -0.1) is 0 Å². The first-order valence-electron chi connectivity index (χ1n) is 9.12. The second-order valence-electron chi connectivity index (χ2n) is 7.50. The van der Waals surface area contributed by atoms with Gasteiger partial charge in [0.25, 0.3) is 0 Å². The van der Waals surface area contributed by atoms with Crippen LogP contribution in [0, 0.1) is 0 Å². The highest BCUT2D eigenvalue weighted by molar-refractivity contribution is 5.85. The predicted octanol–water partition coefficient (Wildman–Crippen LogP) is 6.14. The molecule has 1 aromatic heterocycles. The summed E-state index contributed by atoms with van der Waals surface area (Å²) in [5, 5.41) is 10.5. The summed E-state index contributed by atoms with van der Waals surface area (Å²) in [5.41, 5.74) is 3.00. The van der Waals surface area contributed by atoms with Gasteiger partial charge >= 0.3 is 6.18 Å². The van der Waals surface area contributed by atoms with Crippen LogP contribution >= 0.6 is 0 Å². The number of aromatic nitrogens is 2. The highest BCUT2D eigenvalue weighted by Gasteiger charge is 2.30. The Bertz CT molecular complexity index is 1170. The van der Waals surface area contributed by atoms with Gasteiger partial charge in [0, 0.05) is 5.56 Å². The average Bonchev–Trinajstić information content (AvgIpc) is 3.10. The topological polar surface area (TPSA) is 48.9 Å². The molecule has 4 rings (SSSR count). The Morgan fingerprint density at radius 1 is 0.862 bits per heavy atom. The Morgan fingerprint density at radius 3 is 2.17 bits per heavy atom. The van der Waals surface area contributed by atoms with Crippen molar-refractivity contribution >= 4 is 11.0 Å². The van der Waals surface area contributed by atoms with Crippen molar-refractivity contribution in [1.82, 2.24) is 9.97 Å². The number of imidazole rings is 1. The summed E-state index contributed by atoms with van der Waals surface area (Å²) in [5.74, 6) is 0.502. The van der Waals surface area contributed by atoms with Gasteiger partial charge in [-0.3, -0.25) is 0 Å². The monoisotopic (exact) mass is 396 g/mol. The van der Waals surface area contributed by atoms with E-state index in [9.17, 15) is 18.3 Å². The van der Waals surface area contributed by atoms with E-state index in [0.29, 0.717) is 16.9 Å². The van der Waals surface area contributed by atoms with E-state index in [1.807, 2.05) is 42.5 Å². The summed E-state index contributed by atoms with van der Waals surface area (Å²) in [6, 6.07) is 18.3. The third-order valence-corrected chi connectivity index (χ3v) is 4.86. The number of nitrogens with one attached hydrogen (secondary N) is 1. The van der Waals surface area contributed by atoms with Crippen LogP contribution in [-0.2, 0) is 11.8 Å². The molecule has 1 heterocycles. The largest absolute Gasteiger partial charge is 0.416 e. The molecule has 29 heavy (non-hydrogen) atoms. The first-order valence-corrected chi connectivity index (χ1v) is 9.12. The lowest BCUT2D eigenvalue weighted by atomic mass is 9.89. The molecule has 0 bridgehead atoms. The highest BCUT2D eigenvalue weighted by Crippen LogP contribution is 2.34. The number of benzene rings is 3. The summed E-state index contributed by atoms with van der Waals surface area (Å²) in [6.07, 6.45) is -4.37. The van der Waals surface area contributed by atoms with Gasteiger partial charge in [-0.25, -0.2) is 4.98 Å². The second-order valence-corrected chi connectivity index (χ2v) is 7.50. The predicted molar refractivity (Wildman–Crippen MR) is 107 cm³/mol. The molecular formula is C23H19F3N2O. The SMILES string of the molecule is CC(C)(O)c1ccccc1-c1ccc2nc(-c3ccc(C(F)(F)F)cc3)[nH]c2c1. The Balaban J connectivity index is 1.75. The minimum absolute atomic E-state index is 0.502. The molecule has 3 nitrogen and oxygen atoms in total. The van der Waals surface area contributed by atoms with Gasteiger partial charge in [0.15, 0.2) is 0 Å². The Morgan fingerprint density at radius 2 is 1.52 bits per heavy atom. The molecule has 0 aliphatic rings. The molecule has 0 saturated carbocycles. The van der Waals surface area contributed by atoms with Crippen LogP contribution in [0.5, 0.6) is 0 Å². The van der Waals surface area contributed by atoms with Crippen LogP contribution < -0.4 is 0 Å². The molecule has 0 unspecified atom stereocenters. The number of hydrogen-bond donors (Lipinski definition) is 2. The van der Waals surface area contributed by atoms with E-state index in [1.54, 1.807) is 13.8 Å². The van der Waals surface area contributed by atoms with Crippen molar-refractivity contribution in [2.45, 2.75) is 25.6 Å². The molecule has 0 saturated heterocycles. The maximum absolute atomic E-state index is 12.8. The standard InChI is InChI=1S/C23H19F3N2O/c1-22(2,29)18-6-4-3-5-17(18)15-9-12-19-20(13-15)28-21(27-19)14-7-10-16(11-8-14)23(24,25)26/h3-13,29H,1-2H3,(H,27,28). The smallest absolute Gasteiger partial charge is 0.386 e. The number of nitrogens with zero attached hydrogens (tertiary/aromatic N) is 1. The molecule has 0 atom stereocenters. The van der Waals surface area contributed by atoms with Crippen LogP contribution in [0.25, 0.3) is 33.5 Å². The van der Waals surface area contributed by atoms with Gasteiger partial charge in [0.1, 0.15) is 5.82 Å². The zero-order valence-electron chi connectivity index (χ0n) is 15.9. The molecule has 0 aliphatic carbocycles. The lowest BCUT2D eigenvalue weighted by molar-refractivity contribution is -0.137. The molecule has 3 aromatic carbocycles. The van der Waals surface area contributed by atoms with E-state index in [4.69, 9.17) is 0 Å². The quantitative estimate of drug-likeness (QED) is 0.437. The van der Waals surface area contributed by atoms with E-state index in [0.717, 1.165) is 34.3 Å². The highest BCUT2D eigenvalue weighted by atomic mass is 19.4. The first-order chi connectivity index (χ1) is 13.6. The van der Waals surface area contributed by atoms with Gasteiger partial charge in [0.05, 0.1) is 22.2 Å². The molecule has 0 amide bonds. The molecule has 6 heteroatoms. The second kappa shape index (κ2) is 6.74. The van der Waals surface area contributed by atoms with E-state index >= 15 is 0 Å². The fourth-order valence-corrected chi connectivity index (χ4v) is 3.40. The van der Waals surface area contributed by atoms with Crippen molar-refractivity contribution < 1.29 is 18.3 Å². The zero-order valence-corrected chi connectivity index (χ0v) is 15.9. The van der Waals surface area contributed by atoms with E-state index < -0.39 is 17.3 Å². The lowest BCUT2D eigenvalue weighted by Crippen LogP contribution is -2.16. The lowest BCUT2D eigenvalue weighted by Gasteiger charge is -2.21. The summed E-state index contributed by atoms with van der Waals surface area (Å²) in [7, 11) is 0. The molecular weight excluding hydrogens is 377 g/mol. The Hall–Kier alpha value is -3.12. The number of aliphatic hydroxyl groups is 1. The fourth-order valence-electron chi connectivity index (χ4n) is 3.40. The van der Waals surface area contributed by atoms with Crippen molar-refractivity contribution in [2.75, 3.05) is 0 Å². The van der Waals surface area contributed by atoms with Gasteiger partial charge in [-0.05, 0) is 54.8 Å². The third kappa shape index (κ3) is 3.76. The molecule has 2 N–H and O–H groups in total. The van der Waals surface area contributed by atoms with Gasteiger partial charge in [0.2, 0.25) is 0 Å². The molecule has 0 spiro atoms. The summed E-state index contributed by atoms with van der Waals surface area (Å²) in [6.45, 7) is 3.48. The molecule has 148 valence electrons. The molecule has 0 radical (unpaired) electrons. The number of aromatic amines is 1. The number of hydrogen-bond acceptors (Lipinski definition) is 2. The zero-order chi connectivity index (χ0) is 20.8. The van der Waals surface area contributed by atoms with E-state index in [-0.39, 0.29) is 0 Å². The van der Waals surface area contributed by atoms with Crippen LogP contribution in [0.3, 0.4) is 0 Å². The Labute approximate surface area is 165 Å². The van der Waals surface area contributed by atoms with Crippen molar-refractivity contribution in [3.05, 3.63) is 77.9 Å². The van der Waals surface area contributed by atoms with Gasteiger partial charge in [-0.2, -0.15) is 13.2 Å². The van der Waals surface area contributed by atoms with Gasteiger partial charge < -0.3 is 10.1 Å². The minimum Gasteiger partial charge on any atom is -0.386 e. The summed E-state index contributed by atoms with van der Waals surface area (Å²) < 4.78 is 38.3. The van der Waals surface area contributed by atoms with Crippen molar-refractivity contribution in [2.24, 2.45) is 0 Å². The molecule has 0 aliphatic heterocycles. The normalized spacial score (nSPS) is 12.5. The first kappa shape index (κ1) is 19.2. The number of halogens is 3. The summed E-state index contributed by atoms with van der Waals surface area (Å²) >= 11 is 0. The van der Waals surface area contributed by atoms with Crippen molar-refractivity contribution in [1.29, 1.82) is 0 Å². The van der Waals surface area contributed by atoms with E-state index in [2.05, 4.69) is 9.97 Å². The Kier molecular flexibility index (Phi) is 4.46. The van der Waals surface area contributed by atoms with Crippen molar-refractivity contribution in [3.8, 4) is 22.5 Å². The molecule has 0 fully saturated rings. The van der Waals surface area contributed by atoms with Gasteiger partial charge in [-0.1, -0.05) is 42.5 Å². The maximum atomic E-state index is 12.8. The van der Waals surface area contributed by atoms with Crippen LogP contribution in [0.2, 0.25) is 0 Å². The van der Waals surface area contributed by atoms with Crippen LogP contribution in [0.15, 0.2) is 66.7 Å². The fraction of sp³-hybridized carbons (Fsp3) is 0.174. The number of alkyl halides is 3. The third-order valence-electron chi connectivity index (χ3n) is 4.86.